The predicted molar refractivity (Wildman–Crippen MR) is 100 cm³/mol. The van der Waals surface area contributed by atoms with Gasteiger partial charge in [0.15, 0.2) is 0 Å². The number of rotatable bonds is 4. The number of benzene rings is 2. The Kier molecular flexibility index (Phi) is 3.88. The fourth-order valence-electron chi connectivity index (χ4n) is 2.70. The number of carbonyl (C=O) groups is 1. The maximum atomic E-state index is 12.3. The van der Waals surface area contributed by atoms with Crippen LogP contribution in [0.4, 0.5) is 5.69 Å². The van der Waals surface area contributed by atoms with Crippen molar-refractivity contribution in [2.75, 3.05) is 5.32 Å². The van der Waals surface area contributed by atoms with E-state index < -0.39 is 0 Å². The summed E-state index contributed by atoms with van der Waals surface area (Å²) in [4.78, 5) is 15.2. The molecule has 0 radical (unpaired) electrons. The molecule has 0 aliphatic rings. The van der Waals surface area contributed by atoms with Gasteiger partial charge in [0.2, 0.25) is 0 Å². The molecule has 4 rings (SSSR count). The standard InChI is InChI=1S/C20H16N4O/c25-20(19-10-5-13-21-19)22-16-8-3-1-6-14(16)11-12-18-15-7-2-4-9-17(15)23-24-18/h1-13,21H,(H,22,25)(H,23,24). The molecule has 2 aromatic heterocycles. The molecule has 0 saturated carbocycles. The lowest BCUT2D eigenvalue weighted by Gasteiger charge is -2.07. The van der Waals surface area contributed by atoms with Crippen molar-refractivity contribution >= 4 is 34.6 Å². The third kappa shape index (κ3) is 3.07. The lowest BCUT2D eigenvalue weighted by molar-refractivity contribution is 0.102. The van der Waals surface area contributed by atoms with Crippen LogP contribution in [0.15, 0.2) is 66.9 Å². The number of aromatic nitrogens is 3. The highest BCUT2D eigenvalue weighted by molar-refractivity contribution is 6.04. The van der Waals surface area contributed by atoms with E-state index in [4.69, 9.17) is 0 Å². The SMILES string of the molecule is O=C(Nc1ccccc1C=Cc1n[nH]c2ccccc12)c1ccc[nH]1. The molecule has 3 N–H and O–H groups in total. The largest absolute Gasteiger partial charge is 0.357 e. The van der Waals surface area contributed by atoms with E-state index in [1.807, 2.05) is 60.7 Å². The lowest BCUT2D eigenvalue weighted by atomic mass is 10.1. The first-order chi connectivity index (χ1) is 12.3. The molecule has 0 fully saturated rings. The second-order valence-corrected chi connectivity index (χ2v) is 5.61. The summed E-state index contributed by atoms with van der Waals surface area (Å²) in [6.45, 7) is 0. The zero-order valence-electron chi connectivity index (χ0n) is 13.4. The van der Waals surface area contributed by atoms with Gasteiger partial charge in [0.1, 0.15) is 5.69 Å². The quantitative estimate of drug-likeness (QED) is 0.522. The highest BCUT2D eigenvalue weighted by Crippen LogP contribution is 2.21. The van der Waals surface area contributed by atoms with E-state index in [9.17, 15) is 4.79 Å². The predicted octanol–water partition coefficient (Wildman–Crippen LogP) is 4.31. The molecule has 0 saturated heterocycles. The number of carbonyl (C=O) groups excluding carboxylic acids is 1. The fourth-order valence-corrected chi connectivity index (χ4v) is 2.70. The first kappa shape index (κ1) is 15.0. The van der Waals surface area contributed by atoms with E-state index in [0.717, 1.165) is 27.8 Å². The Morgan fingerprint density at radius 1 is 0.960 bits per heavy atom. The molecule has 2 heterocycles. The van der Waals surface area contributed by atoms with Gasteiger partial charge in [0, 0.05) is 17.3 Å². The van der Waals surface area contributed by atoms with Gasteiger partial charge in [-0.25, -0.2) is 0 Å². The van der Waals surface area contributed by atoms with Crippen LogP contribution in [-0.4, -0.2) is 21.1 Å². The normalized spacial score (nSPS) is 11.2. The fraction of sp³-hybridized carbons (Fsp3) is 0. The number of hydrogen-bond acceptors (Lipinski definition) is 2. The number of amides is 1. The summed E-state index contributed by atoms with van der Waals surface area (Å²) in [6.07, 6.45) is 5.62. The molecule has 0 atom stereocenters. The Bertz CT molecular complexity index is 1040. The van der Waals surface area contributed by atoms with Crippen LogP contribution in [0.3, 0.4) is 0 Å². The summed E-state index contributed by atoms with van der Waals surface area (Å²) in [5.41, 5.74) is 4.04. The number of hydrogen-bond donors (Lipinski definition) is 3. The molecule has 0 aliphatic heterocycles. The number of nitrogens with one attached hydrogen (secondary N) is 3. The van der Waals surface area contributed by atoms with Gasteiger partial charge in [-0.1, -0.05) is 42.5 Å². The smallest absolute Gasteiger partial charge is 0.272 e. The topological polar surface area (TPSA) is 73.6 Å². The minimum absolute atomic E-state index is 0.170. The van der Waals surface area contributed by atoms with E-state index >= 15 is 0 Å². The van der Waals surface area contributed by atoms with Crippen LogP contribution < -0.4 is 5.32 Å². The van der Waals surface area contributed by atoms with Crippen LogP contribution >= 0.6 is 0 Å². The summed E-state index contributed by atoms with van der Waals surface area (Å²) in [7, 11) is 0. The zero-order chi connectivity index (χ0) is 17.1. The maximum Gasteiger partial charge on any atom is 0.272 e. The number of anilines is 1. The van der Waals surface area contributed by atoms with Crippen molar-refractivity contribution < 1.29 is 4.79 Å². The highest BCUT2D eigenvalue weighted by Gasteiger charge is 2.08. The molecule has 0 bridgehead atoms. The second-order valence-electron chi connectivity index (χ2n) is 5.61. The molecule has 122 valence electrons. The van der Waals surface area contributed by atoms with Crippen molar-refractivity contribution in [3.8, 4) is 0 Å². The van der Waals surface area contributed by atoms with Crippen LogP contribution in [0.25, 0.3) is 23.1 Å². The zero-order valence-corrected chi connectivity index (χ0v) is 13.4. The summed E-state index contributed by atoms with van der Waals surface area (Å²) in [5, 5.41) is 11.3. The number of aromatic amines is 2. The monoisotopic (exact) mass is 328 g/mol. The Morgan fingerprint density at radius 3 is 2.68 bits per heavy atom. The molecule has 2 aromatic carbocycles. The van der Waals surface area contributed by atoms with Crippen molar-refractivity contribution in [2.45, 2.75) is 0 Å². The molecular weight excluding hydrogens is 312 g/mol. The van der Waals surface area contributed by atoms with Crippen LogP contribution in [0.5, 0.6) is 0 Å². The Labute approximate surface area is 144 Å². The highest BCUT2D eigenvalue weighted by atomic mass is 16.1. The van der Waals surface area contributed by atoms with Crippen LogP contribution in [-0.2, 0) is 0 Å². The van der Waals surface area contributed by atoms with E-state index in [2.05, 4.69) is 20.5 Å². The van der Waals surface area contributed by atoms with Crippen LogP contribution in [0.1, 0.15) is 21.7 Å². The summed E-state index contributed by atoms with van der Waals surface area (Å²) >= 11 is 0. The van der Waals surface area contributed by atoms with Gasteiger partial charge >= 0.3 is 0 Å². The van der Waals surface area contributed by atoms with Crippen molar-refractivity contribution in [3.05, 3.63) is 83.8 Å². The molecule has 25 heavy (non-hydrogen) atoms. The molecule has 0 aliphatic carbocycles. The maximum absolute atomic E-state index is 12.3. The van der Waals surface area contributed by atoms with Crippen molar-refractivity contribution in [1.29, 1.82) is 0 Å². The van der Waals surface area contributed by atoms with Gasteiger partial charge in [-0.3, -0.25) is 9.89 Å². The number of para-hydroxylation sites is 2. The van der Waals surface area contributed by atoms with E-state index in [1.165, 1.54) is 0 Å². The van der Waals surface area contributed by atoms with Gasteiger partial charge < -0.3 is 10.3 Å². The molecular formula is C20H16N4O. The lowest BCUT2D eigenvalue weighted by Crippen LogP contribution is -2.12. The van der Waals surface area contributed by atoms with Gasteiger partial charge in [-0.15, -0.1) is 0 Å². The first-order valence-electron chi connectivity index (χ1n) is 7.96. The van der Waals surface area contributed by atoms with Crippen molar-refractivity contribution in [3.63, 3.8) is 0 Å². The first-order valence-corrected chi connectivity index (χ1v) is 7.96. The number of H-pyrrole nitrogens is 2. The van der Waals surface area contributed by atoms with E-state index in [0.29, 0.717) is 5.69 Å². The van der Waals surface area contributed by atoms with Gasteiger partial charge in [-0.05, 0) is 35.9 Å². The van der Waals surface area contributed by atoms with Crippen molar-refractivity contribution in [2.24, 2.45) is 0 Å². The number of fused-ring (bicyclic) bond motifs is 1. The molecule has 1 amide bonds. The molecule has 0 spiro atoms. The Hall–Kier alpha value is -3.60. The van der Waals surface area contributed by atoms with Gasteiger partial charge in [-0.2, -0.15) is 5.10 Å². The molecule has 4 aromatic rings. The third-order valence-electron chi connectivity index (χ3n) is 3.97. The molecule has 5 nitrogen and oxygen atoms in total. The third-order valence-corrected chi connectivity index (χ3v) is 3.97. The minimum atomic E-state index is -0.170. The average Bonchev–Trinajstić information content (AvgIpc) is 3.31. The molecule has 0 unspecified atom stereocenters. The van der Waals surface area contributed by atoms with Gasteiger partial charge in [0.05, 0.1) is 11.2 Å². The van der Waals surface area contributed by atoms with Crippen LogP contribution in [0.2, 0.25) is 0 Å². The molecule has 5 heteroatoms. The van der Waals surface area contributed by atoms with Crippen LogP contribution in [0, 0.1) is 0 Å². The van der Waals surface area contributed by atoms with Gasteiger partial charge in [0.25, 0.3) is 5.91 Å². The summed E-state index contributed by atoms with van der Waals surface area (Å²) in [6, 6.07) is 19.2. The summed E-state index contributed by atoms with van der Waals surface area (Å²) < 4.78 is 0. The van der Waals surface area contributed by atoms with E-state index in [1.54, 1.807) is 18.3 Å². The Morgan fingerprint density at radius 2 is 1.80 bits per heavy atom. The number of nitrogens with zero attached hydrogens (tertiary/aromatic N) is 1. The van der Waals surface area contributed by atoms with E-state index in [-0.39, 0.29) is 5.91 Å². The second kappa shape index (κ2) is 6.49. The summed E-state index contributed by atoms with van der Waals surface area (Å²) in [5.74, 6) is -0.170. The Balaban J connectivity index is 1.61. The van der Waals surface area contributed by atoms with Crippen molar-refractivity contribution in [1.82, 2.24) is 15.2 Å². The average molecular weight is 328 g/mol. The minimum Gasteiger partial charge on any atom is -0.357 e.